The lowest BCUT2D eigenvalue weighted by atomic mass is 10.2. The number of nitrogens with one attached hydrogen (secondary N) is 1. The van der Waals surface area contributed by atoms with Gasteiger partial charge < -0.3 is 4.42 Å². The molecule has 19 heavy (non-hydrogen) atoms. The summed E-state index contributed by atoms with van der Waals surface area (Å²) in [5.41, 5.74) is 0.446. The molecule has 0 saturated heterocycles. The van der Waals surface area contributed by atoms with E-state index in [1.165, 1.54) is 18.2 Å². The van der Waals surface area contributed by atoms with Crippen LogP contribution in [0.5, 0.6) is 0 Å². The second-order valence-electron chi connectivity index (χ2n) is 5.32. The van der Waals surface area contributed by atoms with Gasteiger partial charge >= 0.3 is 0 Å². The minimum Gasteiger partial charge on any atom is -0.443 e. The molecule has 0 unspecified atom stereocenters. The molecule has 1 aliphatic rings. The summed E-state index contributed by atoms with van der Waals surface area (Å²) in [4.78, 5) is 0. The van der Waals surface area contributed by atoms with Gasteiger partial charge in [0.05, 0.1) is 0 Å². The highest BCUT2D eigenvalue weighted by Crippen LogP contribution is 2.37. The summed E-state index contributed by atoms with van der Waals surface area (Å²) >= 11 is 0. The Hall–Kier alpha value is -1.40. The maximum absolute atomic E-state index is 13.2. The topological polar surface area (TPSA) is 59.3 Å². The molecule has 1 heterocycles. The van der Waals surface area contributed by atoms with E-state index in [2.05, 4.69) is 4.72 Å². The highest BCUT2D eigenvalue weighted by Gasteiger charge is 2.42. The van der Waals surface area contributed by atoms with Crippen molar-refractivity contribution in [1.82, 2.24) is 4.72 Å². The predicted molar refractivity (Wildman–Crippen MR) is 68.9 cm³/mol. The lowest BCUT2D eigenvalue weighted by Gasteiger charge is -2.10. The third kappa shape index (κ3) is 2.15. The number of furan rings is 1. The van der Waals surface area contributed by atoms with Gasteiger partial charge in [-0.3, -0.25) is 0 Å². The molecule has 1 saturated carbocycles. The van der Waals surface area contributed by atoms with Gasteiger partial charge in [-0.2, -0.15) is 0 Å². The lowest BCUT2D eigenvalue weighted by Crippen LogP contribution is -2.34. The first kappa shape index (κ1) is 12.6. The monoisotopic (exact) mass is 283 g/mol. The van der Waals surface area contributed by atoms with Crippen molar-refractivity contribution in [3.8, 4) is 0 Å². The van der Waals surface area contributed by atoms with Gasteiger partial charge in [-0.1, -0.05) is 0 Å². The Balaban J connectivity index is 2.12. The van der Waals surface area contributed by atoms with Gasteiger partial charge in [-0.15, -0.1) is 0 Å². The van der Waals surface area contributed by atoms with Gasteiger partial charge in [0.25, 0.3) is 10.0 Å². The van der Waals surface area contributed by atoms with Crippen molar-refractivity contribution >= 4 is 21.0 Å². The van der Waals surface area contributed by atoms with Crippen LogP contribution in [-0.4, -0.2) is 14.0 Å². The van der Waals surface area contributed by atoms with Crippen molar-refractivity contribution < 1.29 is 17.2 Å². The summed E-state index contributed by atoms with van der Waals surface area (Å²) in [7, 11) is -3.70. The smallest absolute Gasteiger partial charge is 0.274 e. The van der Waals surface area contributed by atoms with Crippen molar-refractivity contribution in [2.24, 2.45) is 0 Å². The first-order valence-corrected chi connectivity index (χ1v) is 7.52. The number of hydrogen-bond acceptors (Lipinski definition) is 3. The number of aryl methyl sites for hydroxylation is 1. The van der Waals surface area contributed by atoms with E-state index in [-0.39, 0.29) is 10.6 Å². The molecule has 1 N–H and O–H groups in total. The molecular formula is C13H14FNO3S. The van der Waals surface area contributed by atoms with Gasteiger partial charge in [-0.25, -0.2) is 17.5 Å². The maximum atomic E-state index is 13.2. The van der Waals surface area contributed by atoms with Gasteiger partial charge in [0.2, 0.25) is 5.09 Å². The number of rotatable bonds is 3. The van der Waals surface area contributed by atoms with Gasteiger partial charge in [-0.05, 0) is 44.9 Å². The van der Waals surface area contributed by atoms with E-state index in [0.29, 0.717) is 16.5 Å². The largest absolute Gasteiger partial charge is 0.443 e. The fourth-order valence-electron chi connectivity index (χ4n) is 2.09. The molecular weight excluding hydrogens is 269 g/mol. The van der Waals surface area contributed by atoms with E-state index in [1.54, 1.807) is 6.92 Å². The summed E-state index contributed by atoms with van der Waals surface area (Å²) in [6, 6.07) is 3.97. The first-order valence-electron chi connectivity index (χ1n) is 6.03. The van der Waals surface area contributed by atoms with Crippen LogP contribution in [-0.2, 0) is 10.0 Å². The van der Waals surface area contributed by atoms with E-state index in [0.717, 1.165) is 12.8 Å². The Labute approximate surface area is 110 Å². The average molecular weight is 283 g/mol. The predicted octanol–water partition coefficient (Wildman–Crippen LogP) is 2.71. The zero-order valence-corrected chi connectivity index (χ0v) is 11.5. The Morgan fingerprint density at radius 1 is 1.37 bits per heavy atom. The average Bonchev–Trinajstić information content (AvgIpc) is 2.92. The fraction of sp³-hybridized carbons (Fsp3) is 0.385. The molecule has 4 nitrogen and oxygen atoms in total. The van der Waals surface area contributed by atoms with Gasteiger partial charge in [0.1, 0.15) is 11.4 Å². The van der Waals surface area contributed by atoms with Crippen LogP contribution in [0.25, 0.3) is 11.0 Å². The maximum Gasteiger partial charge on any atom is 0.274 e. The normalized spacial score (nSPS) is 17.8. The third-order valence-electron chi connectivity index (χ3n) is 3.48. The molecule has 2 aromatic rings. The lowest BCUT2D eigenvalue weighted by molar-refractivity contribution is 0.464. The van der Waals surface area contributed by atoms with Crippen molar-refractivity contribution in [2.45, 2.75) is 37.3 Å². The molecule has 1 fully saturated rings. The second kappa shape index (κ2) is 3.80. The summed E-state index contributed by atoms with van der Waals surface area (Å²) in [5, 5.41) is 0.363. The number of fused-ring (bicyclic) bond motifs is 1. The van der Waals surface area contributed by atoms with E-state index >= 15 is 0 Å². The number of sulfonamides is 1. The summed E-state index contributed by atoms with van der Waals surface area (Å²) < 4.78 is 45.7. The Bertz CT molecular complexity index is 760. The van der Waals surface area contributed by atoms with Crippen LogP contribution < -0.4 is 4.72 Å². The third-order valence-corrected chi connectivity index (χ3v) is 5.12. The van der Waals surface area contributed by atoms with Crippen molar-refractivity contribution in [3.63, 3.8) is 0 Å². The fourth-order valence-corrected chi connectivity index (χ4v) is 3.75. The Morgan fingerprint density at radius 3 is 2.68 bits per heavy atom. The quantitative estimate of drug-likeness (QED) is 0.942. The molecule has 3 rings (SSSR count). The molecule has 0 radical (unpaired) electrons. The van der Waals surface area contributed by atoms with Crippen molar-refractivity contribution in [3.05, 3.63) is 29.6 Å². The minimum atomic E-state index is -3.70. The summed E-state index contributed by atoms with van der Waals surface area (Å²) in [5.74, 6) is -0.414. The van der Waals surface area contributed by atoms with Crippen LogP contribution in [0.2, 0.25) is 0 Å². The molecule has 0 amide bonds. The molecule has 0 atom stereocenters. The molecule has 1 aromatic heterocycles. The number of benzene rings is 1. The molecule has 6 heteroatoms. The molecule has 0 aliphatic heterocycles. The molecule has 0 bridgehead atoms. The van der Waals surface area contributed by atoms with Crippen LogP contribution in [0.1, 0.15) is 25.3 Å². The Morgan fingerprint density at radius 2 is 2.05 bits per heavy atom. The summed E-state index contributed by atoms with van der Waals surface area (Å²) in [6.45, 7) is 3.47. The highest BCUT2D eigenvalue weighted by molar-refractivity contribution is 7.89. The van der Waals surface area contributed by atoms with Crippen molar-refractivity contribution in [2.75, 3.05) is 0 Å². The number of hydrogen-bond donors (Lipinski definition) is 1. The molecule has 102 valence electrons. The SMILES string of the molecule is Cc1c(S(=O)(=O)NC2(C)CC2)oc2ccc(F)cc12. The van der Waals surface area contributed by atoms with Gasteiger partial charge in [0.15, 0.2) is 0 Å². The standard InChI is InChI=1S/C13H14FNO3S/c1-8-10-7-9(14)3-4-11(10)18-12(8)19(16,17)15-13(2)5-6-13/h3-4,7,15H,5-6H2,1-2H3. The molecule has 1 aromatic carbocycles. The van der Waals surface area contributed by atoms with E-state index in [4.69, 9.17) is 4.42 Å². The van der Waals surface area contributed by atoms with Crippen LogP contribution in [0.15, 0.2) is 27.7 Å². The Kier molecular flexibility index (Phi) is 2.53. The first-order chi connectivity index (χ1) is 8.81. The second-order valence-corrected chi connectivity index (χ2v) is 6.90. The zero-order valence-electron chi connectivity index (χ0n) is 10.7. The number of halogens is 1. The summed E-state index contributed by atoms with van der Waals surface area (Å²) in [6.07, 6.45) is 1.64. The van der Waals surface area contributed by atoms with E-state index in [9.17, 15) is 12.8 Å². The van der Waals surface area contributed by atoms with Crippen molar-refractivity contribution in [1.29, 1.82) is 0 Å². The van der Waals surface area contributed by atoms with Gasteiger partial charge in [0, 0.05) is 16.5 Å². The van der Waals surface area contributed by atoms with Crippen LogP contribution in [0.4, 0.5) is 4.39 Å². The van der Waals surface area contributed by atoms with Crippen LogP contribution >= 0.6 is 0 Å². The zero-order chi connectivity index (χ0) is 13.8. The molecule has 1 aliphatic carbocycles. The minimum absolute atomic E-state index is 0.124. The van der Waals surface area contributed by atoms with Crippen LogP contribution in [0, 0.1) is 12.7 Å². The van der Waals surface area contributed by atoms with E-state index in [1.807, 2.05) is 6.92 Å². The highest BCUT2D eigenvalue weighted by atomic mass is 32.2. The van der Waals surface area contributed by atoms with E-state index < -0.39 is 15.8 Å². The van der Waals surface area contributed by atoms with Crippen LogP contribution in [0.3, 0.4) is 0 Å². The molecule has 0 spiro atoms.